The monoisotopic (exact) mass is 421 g/mol. The molecule has 2 aromatic rings. The highest BCUT2D eigenvalue weighted by atomic mass is 35.5. The number of piperazine rings is 1. The van der Waals surface area contributed by atoms with Crippen molar-refractivity contribution in [2.24, 2.45) is 0 Å². The maximum absolute atomic E-state index is 13.6. The maximum Gasteiger partial charge on any atom is 0.234 e. The number of nitrogens with zero attached hydrogens (tertiary/aromatic N) is 1. The van der Waals surface area contributed by atoms with E-state index in [0.29, 0.717) is 32.8 Å². The molecular formula is C22H29ClFN3O2. The summed E-state index contributed by atoms with van der Waals surface area (Å²) in [6.45, 7) is 6.34. The van der Waals surface area contributed by atoms with Crippen LogP contribution in [-0.2, 0) is 22.7 Å². The highest BCUT2D eigenvalue weighted by Gasteiger charge is 2.25. The Morgan fingerprint density at radius 2 is 2.00 bits per heavy atom. The average molecular weight is 422 g/mol. The van der Waals surface area contributed by atoms with Gasteiger partial charge in [-0.15, -0.1) is 12.4 Å². The van der Waals surface area contributed by atoms with Gasteiger partial charge in [-0.2, -0.15) is 0 Å². The number of hydrogen-bond acceptors (Lipinski definition) is 4. The van der Waals surface area contributed by atoms with E-state index in [2.05, 4.69) is 15.5 Å². The highest BCUT2D eigenvalue weighted by molar-refractivity contribution is 5.85. The van der Waals surface area contributed by atoms with Crippen molar-refractivity contribution in [3.8, 4) is 0 Å². The summed E-state index contributed by atoms with van der Waals surface area (Å²) in [6, 6.07) is 14.7. The van der Waals surface area contributed by atoms with Crippen LogP contribution in [0.5, 0.6) is 0 Å². The molecule has 1 heterocycles. The molecule has 0 radical (unpaired) electrons. The molecule has 29 heavy (non-hydrogen) atoms. The molecule has 1 aliphatic rings. The number of nitrogens with one attached hydrogen (secondary N) is 2. The number of benzene rings is 2. The molecule has 3 rings (SSSR count). The first-order valence-electron chi connectivity index (χ1n) is 9.78. The van der Waals surface area contributed by atoms with E-state index in [-0.39, 0.29) is 30.2 Å². The molecule has 1 saturated heterocycles. The smallest absolute Gasteiger partial charge is 0.234 e. The van der Waals surface area contributed by atoms with Crippen LogP contribution in [0.4, 0.5) is 4.39 Å². The third-order valence-corrected chi connectivity index (χ3v) is 4.92. The molecule has 5 nitrogen and oxygen atoms in total. The van der Waals surface area contributed by atoms with Crippen LogP contribution in [0.1, 0.15) is 29.7 Å². The molecule has 7 heteroatoms. The van der Waals surface area contributed by atoms with Gasteiger partial charge in [0.25, 0.3) is 0 Å². The number of hydrogen-bond donors (Lipinski definition) is 2. The molecule has 1 unspecified atom stereocenters. The quantitative estimate of drug-likeness (QED) is 0.688. The van der Waals surface area contributed by atoms with Crippen LogP contribution in [0, 0.1) is 5.82 Å². The highest BCUT2D eigenvalue weighted by Crippen LogP contribution is 2.22. The van der Waals surface area contributed by atoms with Crippen molar-refractivity contribution in [1.29, 1.82) is 0 Å². The second-order valence-electron chi connectivity index (χ2n) is 6.98. The van der Waals surface area contributed by atoms with Gasteiger partial charge in [-0.25, -0.2) is 4.39 Å². The third kappa shape index (κ3) is 7.08. The van der Waals surface area contributed by atoms with Gasteiger partial charge < -0.3 is 15.4 Å². The number of rotatable bonds is 8. The Labute approximate surface area is 178 Å². The first-order chi connectivity index (χ1) is 13.7. The minimum absolute atomic E-state index is 0. The summed E-state index contributed by atoms with van der Waals surface area (Å²) in [7, 11) is 0. The van der Waals surface area contributed by atoms with Crippen molar-refractivity contribution in [1.82, 2.24) is 15.5 Å². The van der Waals surface area contributed by atoms with Gasteiger partial charge >= 0.3 is 0 Å². The van der Waals surface area contributed by atoms with Gasteiger partial charge in [0.2, 0.25) is 5.91 Å². The Bertz CT molecular complexity index is 773. The van der Waals surface area contributed by atoms with Crippen molar-refractivity contribution in [2.45, 2.75) is 26.1 Å². The summed E-state index contributed by atoms with van der Waals surface area (Å²) in [6.07, 6.45) is 0. The molecule has 158 valence electrons. The van der Waals surface area contributed by atoms with Gasteiger partial charge in [-0.1, -0.05) is 36.4 Å². The van der Waals surface area contributed by atoms with Gasteiger partial charge in [0.05, 0.1) is 13.2 Å². The maximum atomic E-state index is 13.6. The average Bonchev–Trinajstić information content (AvgIpc) is 2.72. The van der Waals surface area contributed by atoms with E-state index >= 15 is 0 Å². The lowest BCUT2D eigenvalue weighted by atomic mass is 10.0. The van der Waals surface area contributed by atoms with E-state index in [4.69, 9.17) is 4.74 Å². The molecule has 0 aliphatic carbocycles. The molecule has 2 N–H and O–H groups in total. The van der Waals surface area contributed by atoms with Crippen LogP contribution in [0.25, 0.3) is 0 Å². The first kappa shape index (κ1) is 23.3. The third-order valence-electron chi connectivity index (χ3n) is 4.92. The van der Waals surface area contributed by atoms with Crippen molar-refractivity contribution >= 4 is 18.3 Å². The Kier molecular flexibility index (Phi) is 9.54. The Morgan fingerprint density at radius 1 is 1.24 bits per heavy atom. The second kappa shape index (κ2) is 11.9. The van der Waals surface area contributed by atoms with Crippen LogP contribution in [0.15, 0.2) is 48.5 Å². The lowest BCUT2D eigenvalue weighted by Gasteiger charge is -2.36. The number of carbonyl (C=O) groups excluding carboxylic acids is 1. The van der Waals surface area contributed by atoms with E-state index in [0.717, 1.165) is 29.8 Å². The molecule has 1 amide bonds. The van der Waals surface area contributed by atoms with E-state index in [1.165, 1.54) is 6.07 Å². The lowest BCUT2D eigenvalue weighted by molar-refractivity contribution is -0.123. The van der Waals surface area contributed by atoms with Crippen molar-refractivity contribution in [3.05, 3.63) is 71.0 Å². The fourth-order valence-electron chi connectivity index (χ4n) is 3.39. The topological polar surface area (TPSA) is 53.6 Å². The Morgan fingerprint density at radius 3 is 2.72 bits per heavy atom. The van der Waals surface area contributed by atoms with Gasteiger partial charge in [-0.05, 0) is 35.7 Å². The van der Waals surface area contributed by atoms with Crippen LogP contribution < -0.4 is 10.6 Å². The van der Waals surface area contributed by atoms with Crippen molar-refractivity contribution < 1.29 is 13.9 Å². The number of halogens is 2. The predicted octanol–water partition coefficient (Wildman–Crippen LogP) is 3.05. The molecule has 0 spiro atoms. The van der Waals surface area contributed by atoms with Gasteiger partial charge in [0, 0.05) is 38.8 Å². The van der Waals surface area contributed by atoms with Gasteiger partial charge in [-0.3, -0.25) is 9.69 Å². The predicted molar refractivity (Wildman–Crippen MR) is 114 cm³/mol. The van der Waals surface area contributed by atoms with E-state index in [1.807, 2.05) is 37.3 Å². The normalized spacial score (nSPS) is 16.8. The van der Waals surface area contributed by atoms with Crippen LogP contribution in [0.3, 0.4) is 0 Å². The molecule has 1 atom stereocenters. The number of amides is 1. The molecule has 1 fully saturated rings. The zero-order valence-electron chi connectivity index (χ0n) is 16.7. The number of ether oxygens (including phenoxy) is 1. The summed E-state index contributed by atoms with van der Waals surface area (Å²) in [5.41, 5.74) is 3.07. The van der Waals surface area contributed by atoms with Gasteiger partial charge in [0.15, 0.2) is 0 Å². The van der Waals surface area contributed by atoms with Crippen molar-refractivity contribution in [2.75, 3.05) is 32.8 Å². The van der Waals surface area contributed by atoms with Crippen molar-refractivity contribution in [3.63, 3.8) is 0 Å². The molecular weight excluding hydrogens is 393 g/mol. The lowest BCUT2D eigenvalue weighted by Crippen LogP contribution is -2.49. The molecule has 0 saturated carbocycles. The first-order valence-corrected chi connectivity index (χ1v) is 9.78. The van der Waals surface area contributed by atoms with E-state index in [9.17, 15) is 9.18 Å². The van der Waals surface area contributed by atoms with Crippen LogP contribution in [0.2, 0.25) is 0 Å². The van der Waals surface area contributed by atoms with E-state index < -0.39 is 0 Å². The Balaban J connectivity index is 0.00000300. The summed E-state index contributed by atoms with van der Waals surface area (Å²) in [5.74, 6) is -0.276. The molecule has 0 aromatic heterocycles. The molecule has 0 bridgehead atoms. The summed E-state index contributed by atoms with van der Waals surface area (Å²) in [5, 5.41) is 6.31. The number of carbonyl (C=O) groups is 1. The minimum atomic E-state index is -0.250. The fraction of sp³-hybridized carbons (Fsp3) is 0.409. The SMILES string of the molecule is CCOCc1ccc(CNC(=O)CN2CCNCC2c2cccc(F)c2)cc1.Cl. The van der Waals surface area contributed by atoms with Crippen LogP contribution >= 0.6 is 12.4 Å². The van der Waals surface area contributed by atoms with E-state index in [1.54, 1.807) is 12.1 Å². The summed E-state index contributed by atoms with van der Waals surface area (Å²) >= 11 is 0. The summed E-state index contributed by atoms with van der Waals surface area (Å²) in [4.78, 5) is 14.6. The molecule has 1 aliphatic heterocycles. The second-order valence-corrected chi connectivity index (χ2v) is 6.98. The minimum Gasteiger partial charge on any atom is -0.377 e. The van der Waals surface area contributed by atoms with Gasteiger partial charge in [0.1, 0.15) is 5.82 Å². The standard InChI is InChI=1S/C22H28FN3O2.ClH/c1-2-28-16-18-8-6-17(7-9-18)13-25-22(27)15-26-11-10-24-14-21(26)19-4-3-5-20(23)12-19;/h3-9,12,21,24H,2,10-11,13-16H2,1H3,(H,25,27);1H. The molecule has 2 aromatic carbocycles. The zero-order valence-corrected chi connectivity index (χ0v) is 17.5. The Hall–Kier alpha value is -1.99. The summed E-state index contributed by atoms with van der Waals surface area (Å²) < 4.78 is 19.0. The zero-order chi connectivity index (χ0) is 19.8. The van der Waals surface area contributed by atoms with Crippen LogP contribution in [-0.4, -0.2) is 43.6 Å². The largest absolute Gasteiger partial charge is 0.377 e. The fourth-order valence-corrected chi connectivity index (χ4v) is 3.39.